The topological polar surface area (TPSA) is 143 Å². The molecule has 0 radical (unpaired) electrons. The van der Waals surface area contributed by atoms with Gasteiger partial charge in [0.2, 0.25) is 5.91 Å². The Labute approximate surface area is 166 Å². The van der Waals surface area contributed by atoms with Crippen molar-refractivity contribution in [1.82, 2.24) is 20.5 Å². The van der Waals surface area contributed by atoms with Crippen LogP contribution in [0.2, 0.25) is 0 Å². The lowest BCUT2D eigenvalue weighted by atomic mass is 10.2. The number of carbonyl (C=O) groups excluding carboxylic acids is 2. The summed E-state index contributed by atoms with van der Waals surface area (Å²) in [6, 6.07) is 4.13. The predicted molar refractivity (Wildman–Crippen MR) is 102 cm³/mol. The van der Waals surface area contributed by atoms with E-state index in [-0.39, 0.29) is 34.0 Å². The van der Waals surface area contributed by atoms with Gasteiger partial charge in [-0.15, -0.1) is 10.2 Å². The molecular formula is C17H20N6O4S. The van der Waals surface area contributed by atoms with Gasteiger partial charge in [-0.3, -0.25) is 9.59 Å². The quantitative estimate of drug-likeness (QED) is 0.644. The molecule has 11 heteroatoms. The zero-order valence-corrected chi connectivity index (χ0v) is 15.9. The molecule has 1 aliphatic rings. The van der Waals surface area contributed by atoms with E-state index in [2.05, 4.69) is 25.8 Å². The van der Waals surface area contributed by atoms with Crippen molar-refractivity contribution in [2.45, 2.75) is 24.7 Å². The molecular weight excluding hydrogens is 384 g/mol. The van der Waals surface area contributed by atoms with Gasteiger partial charge >= 0.3 is 0 Å². The van der Waals surface area contributed by atoms with E-state index in [4.69, 9.17) is 4.11 Å². The number of aromatic nitrogens is 3. The van der Waals surface area contributed by atoms with E-state index in [1.54, 1.807) is 12.2 Å². The summed E-state index contributed by atoms with van der Waals surface area (Å²) in [5, 5.41) is 14.6. The maximum absolute atomic E-state index is 12.4. The van der Waals surface area contributed by atoms with E-state index >= 15 is 0 Å². The fourth-order valence-corrected chi connectivity index (χ4v) is 3.17. The number of anilines is 3. The molecule has 0 aliphatic heterocycles. The van der Waals surface area contributed by atoms with Gasteiger partial charge in [0.15, 0.2) is 21.3 Å². The van der Waals surface area contributed by atoms with Gasteiger partial charge in [-0.2, -0.15) is 0 Å². The highest BCUT2D eigenvalue weighted by atomic mass is 32.2. The van der Waals surface area contributed by atoms with E-state index in [1.807, 2.05) is 0 Å². The Balaban J connectivity index is 2.04. The summed E-state index contributed by atoms with van der Waals surface area (Å²) in [4.78, 5) is 28.5. The second-order valence-corrected chi connectivity index (χ2v) is 8.39. The number of pyridine rings is 1. The molecule has 0 spiro atoms. The normalized spacial score (nSPS) is 15.7. The molecule has 2 amide bonds. The van der Waals surface area contributed by atoms with Crippen LogP contribution in [0.15, 0.2) is 23.1 Å². The first-order valence-corrected chi connectivity index (χ1v) is 10.2. The molecule has 1 saturated carbocycles. The Hall–Kier alpha value is -3.08. The standard InChI is InChI=1S/C17H20N6O4S/c1-9-4-7-12(28(3,26)27)15(19-9)20-11-8-13(21-16(24)10-5-6-10)22-23-14(11)17(25)18-2/h4,7-8,10H,5-6H2,1-3H3,(H,18,25)(H2,19,20,21,22,24)/i2D3. The van der Waals surface area contributed by atoms with Crippen LogP contribution >= 0.6 is 0 Å². The minimum absolute atomic E-state index is 0.0124. The molecule has 0 aromatic carbocycles. The summed E-state index contributed by atoms with van der Waals surface area (Å²) in [6.07, 6.45) is 2.52. The lowest BCUT2D eigenvalue weighted by molar-refractivity contribution is -0.117. The lowest BCUT2D eigenvalue weighted by Gasteiger charge is -2.14. The fourth-order valence-electron chi connectivity index (χ4n) is 2.41. The third-order valence-corrected chi connectivity index (χ3v) is 5.10. The van der Waals surface area contributed by atoms with Crippen LogP contribution < -0.4 is 16.0 Å². The SMILES string of the molecule is [2H]C([2H])([2H])NC(=O)c1nnc(NC(=O)C2CC2)cc1Nc1nc(C)ccc1S(C)(=O)=O. The number of hydrogen-bond donors (Lipinski definition) is 3. The van der Waals surface area contributed by atoms with Gasteiger partial charge in [0.05, 0.1) is 5.69 Å². The van der Waals surface area contributed by atoms with Crippen LogP contribution in [-0.4, -0.2) is 48.6 Å². The number of aryl methyl sites for hydroxylation is 1. The van der Waals surface area contributed by atoms with Crippen LogP contribution in [0.3, 0.4) is 0 Å². The van der Waals surface area contributed by atoms with E-state index in [9.17, 15) is 18.0 Å². The van der Waals surface area contributed by atoms with Crippen molar-refractivity contribution in [3.63, 3.8) is 0 Å². The molecule has 3 rings (SSSR count). The maximum atomic E-state index is 12.4. The van der Waals surface area contributed by atoms with Gasteiger partial charge in [0, 0.05) is 35.0 Å². The van der Waals surface area contributed by atoms with Crippen molar-refractivity contribution >= 4 is 39.0 Å². The summed E-state index contributed by atoms with van der Waals surface area (Å²) in [7, 11) is -3.69. The minimum atomic E-state index is -3.69. The van der Waals surface area contributed by atoms with Crippen LogP contribution in [0.25, 0.3) is 0 Å². The first kappa shape index (κ1) is 15.9. The number of amides is 2. The highest BCUT2D eigenvalue weighted by Gasteiger charge is 2.30. The number of nitrogens with zero attached hydrogens (tertiary/aromatic N) is 3. The summed E-state index contributed by atoms with van der Waals surface area (Å²) >= 11 is 0. The second kappa shape index (κ2) is 7.50. The Kier molecular flexibility index (Phi) is 4.27. The largest absolute Gasteiger partial charge is 0.354 e. The van der Waals surface area contributed by atoms with Crippen LogP contribution in [0.4, 0.5) is 17.3 Å². The Morgan fingerprint density at radius 1 is 1.25 bits per heavy atom. The van der Waals surface area contributed by atoms with Crippen molar-refractivity contribution < 1.29 is 22.1 Å². The Morgan fingerprint density at radius 2 is 2.00 bits per heavy atom. The highest BCUT2D eigenvalue weighted by Crippen LogP contribution is 2.31. The molecule has 2 aromatic heterocycles. The first-order chi connectivity index (χ1) is 14.3. The first-order valence-electron chi connectivity index (χ1n) is 9.79. The molecule has 3 N–H and O–H groups in total. The number of carbonyl (C=O) groups is 2. The number of sulfone groups is 1. The van der Waals surface area contributed by atoms with Gasteiger partial charge in [-0.05, 0) is 31.9 Å². The van der Waals surface area contributed by atoms with Crippen molar-refractivity contribution in [2.75, 3.05) is 23.9 Å². The van der Waals surface area contributed by atoms with E-state index in [0.717, 1.165) is 19.1 Å². The molecule has 1 aliphatic carbocycles. The molecule has 0 atom stereocenters. The van der Waals surface area contributed by atoms with Gasteiger partial charge in [0.1, 0.15) is 10.7 Å². The summed E-state index contributed by atoms with van der Waals surface area (Å²) < 4.78 is 45.9. The molecule has 10 nitrogen and oxygen atoms in total. The van der Waals surface area contributed by atoms with Crippen LogP contribution in [0.1, 0.15) is 33.1 Å². The van der Waals surface area contributed by atoms with Crippen molar-refractivity contribution in [3.05, 3.63) is 29.6 Å². The van der Waals surface area contributed by atoms with Gasteiger partial charge in [0.25, 0.3) is 5.91 Å². The van der Waals surface area contributed by atoms with Gasteiger partial charge < -0.3 is 16.0 Å². The molecule has 2 aromatic rings. The average Bonchev–Trinajstić information content (AvgIpc) is 3.44. The van der Waals surface area contributed by atoms with Gasteiger partial charge in [-0.25, -0.2) is 13.4 Å². The monoisotopic (exact) mass is 407 g/mol. The average molecular weight is 407 g/mol. The zero-order chi connectivity index (χ0) is 23.0. The third-order valence-electron chi connectivity index (χ3n) is 3.97. The van der Waals surface area contributed by atoms with Crippen molar-refractivity contribution in [2.24, 2.45) is 5.92 Å². The second-order valence-electron chi connectivity index (χ2n) is 6.41. The van der Waals surface area contributed by atoms with E-state index < -0.39 is 28.4 Å². The smallest absolute Gasteiger partial charge is 0.273 e. The molecule has 1 fully saturated rings. The van der Waals surface area contributed by atoms with Crippen LogP contribution in [0, 0.1) is 12.8 Å². The zero-order valence-electron chi connectivity index (χ0n) is 18.1. The number of hydrogen-bond acceptors (Lipinski definition) is 8. The van der Waals surface area contributed by atoms with Crippen LogP contribution in [0.5, 0.6) is 0 Å². The summed E-state index contributed by atoms with van der Waals surface area (Å²) in [5.74, 6) is -1.52. The van der Waals surface area contributed by atoms with Crippen molar-refractivity contribution in [3.8, 4) is 0 Å². The molecule has 0 saturated heterocycles. The highest BCUT2D eigenvalue weighted by molar-refractivity contribution is 7.90. The Morgan fingerprint density at radius 3 is 2.64 bits per heavy atom. The Bertz CT molecular complexity index is 1150. The molecule has 28 heavy (non-hydrogen) atoms. The molecule has 148 valence electrons. The molecule has 2 heterocycles. The predicted octanol–water partition coefficient (Wildman–Crippen LogP) is 1.04. The third kappa shape index (κ3) is 4.42. The number of rotatable bonds is 6. The summed E-state index contributed by atoms with van der Waals surface area (Å²) in [6.45, 7) is -1.14. The number of nitrogens with one attached hydrogen (secondary N) is 3. The molecule has 0 bridgehead atoms. The fraction of sp³-hybridized carbons (Fsp3) is 0.353. The van der Waals surface area contributed by atoms with Gasteiger partial charge in [-0.1, -0.05) is 0 Å². The van der Waals surface area contributed by atoms with Crippen LogP contribution in [-0.2, 0) is 14.6 Å². The summed E-state index contributed by atoms with van der Waals surface area (Å²) in [5.41, 5.74) is 0.00168. The molecule has 0 unspecified atom stereocenters. The minimum Gasteiger partial charge on any atom is -0.354 e. The maximum Gasteiger partial charge on any atom is 0.273 e. The lowest BCUT2D eigenvalue weighted by Crippen LogP contribution is -2.23. The van der Waals surface area contributed by atoms with Crippen molar-refractivity contribution in [1.29, 1.82) is 0 Å². The van der Waals surface area contributed by atoms with E-state index in [1.165, 1.54) is 18.2 Å². The van der Waals surface area contributed by atoms with E-state index in [0.29, 0.717) is 5.69 Å².